The van der Waals surface area contributed by atoms with Crippen molar-refractivity contribution in [3.8, 4) is 0 Å². The highest BCUT2D eigenvalue weighted by Crippen LogP contribution is 2.24. The maximum absolute atomic E-state index is 13.5. The molecule has 3 rings (SSSR count). The van der Waals surface area contributed by atoms with Crippen LogP contribution in [-0.4, -0.2) is 31.9 Å². The monoisotopic (exact) mass is 349 g/mol. The number of ether oxygens (including phenoxy) is 1. The molecular weight excluding hydrogens is 329 g/mol. The van der Waals surface area contributed by atoms with Gasteiger partial charge in [0, 0.05) is 18.7 Å². The zero-order valence-corrected chi connectivity index (χ0v) is 14.3. The molecule has 1 aliphatic heterocycles. The molecule has 0 atom stereocenters. The Morgan fingerprint density at radius 2 is 1.79 bits per heavy atom. The van der Waals surface area contributed by atoms with Gasteiger partial charge in [0.1, 0.15) is 5.82 Å². The molecule has 6 heteroatoms. The fourth-order valence-corrected chi connectivity index (χ4v) is 4.07. The minimum Gasteiger partial charge on any atom is -0.371 e. The van der Waals surface area contributed by atoms with Gasteiger partial charge in [-0.3, -0.25) is 0 Å². The van der Waals surface area contributed by atoms with Crippen molar-refractivity contribution >= 4 is 10.0 Å². The smallest absolute Gasteiger partial charge is 0.243 e. The van der Waals surface area contributed by atoms with Crippen LogP contribution >= 0.6 is 0 Å². The van der Waals surface area contributed by atoms with Crippen LogP contribution in [-0.2, 0) is 27.8 Å². The molecule has 0 aromatic heterocycles. The van der Waals surface area contributed by atoms with Crippen LogP contribution in [0.15, 0.2) is 53.4 Å². The number of rotatable bonds is 6. The predicted octanol–water partition coefficient (Wildman–Crippen LogP) is 2.98. The van der Waals surface area contributed by atoms with Crippen molar-refractivity contribution in [3.05, 3.63) is 65.5 Å². The van der Waals surface area contributed by atoms with Crippen molar-refractivity contribution in [3.63, 3.8) is 0 Å². The zero-order chi connectivity index (χ0) is 17.2. The minimum atomic E-state index is -3.47. The summed E-state index contributed by atoms with van der Waals surface area (Å²) >= 11 is 0. The molecule has 0 amide bonds. The van der Waals surface area contributed by atoms with E-state index in [0.717, 1.165) is 12.0 Å². The van der Waals surface area contributed by atoms with E-state index in [1.54, 1.807) is 30.3 Å². The van der Waals surface area contributed by atoms with Gasteiger partial charge in [0.05, 0.1) is 17.6 Å². The molecule has 2 aromatic carbocycles. The lowest BCUT2D eigenvalue weighted by Crippen LogP contribution is -2.54. The average molecular weight is 349 g/mol. The SMILES string of the molecule is CCc1ccc(S(=O)(=O)N2CC(OCc3ccccc3F)C2)cc1. The maximum Gasteiger partial charge on any atom is 0.243 e. The minimum absolute atomic E-state index is 0.149. The molecule has 0 bridgehead atoms. The highest BCUT2D eigenvalue weighted by molar-refractivity contribution is 7.89. The molecule has 1 aliphatic rings. The first kappa shape index (κ1) is 17.1. The summed E-state index contributed by atoms with van der Waals surface area (Å²) in [6.45, 7) is 2.77. The lowest BCUT2D eigenvalue weighted by Gasteiger charge is -2.37. The summed E-state index contributed by atoms with van der Waals surface area (Å²) < 4.78 is 45.5. The summed E-state index contributed by atoms with van der Waals surface area (Å²) in [6, 6.07) is 13.4. The number of nitrogens with zero attached hydrogens (tertiary/aromatic N) is 1. The lowest BCUT2D eigenvalue weighted by molar-refractivity contribution is -0.0304. The summed E-state index contributed by atoms with van der Waals surface area (Å²) in [7, 11) is -3.47. The Labute approximate surface area is 141 Å². The molecule has 0 N–H and O–H groups in total. The third kappa shape index (κ3) is 3.50. The van der Waals surface area contributed by atoms with Gasteiger partial charge in [-0.2, -0.15) is 4.31 Å². The molecule has 1 saturated heterocycles. The van der Waals surface area contributed by atoms with E-state index in [1.807, 2.05) is 19.1 Å². The Hall–Kier alpha value is -1.76. The summed E-state index contributed by atoms with van der Waals surface area (Å²) in [5.74, 6) is -0.308. The van der Waals surface area contributed by atoms with Crippen LogP contribution in [0, 0.1) is 5.82 Å². The van der Waals surface area contributed by atoms with E-state index < -0.39 is 10.0 Å². The van der Waals surface area contributed by atoms with Gasteiger partial charge in [0.25, 0.3) is 0 Å². The Kier molecular flexibility index (Phi) is 4.99. The van der Waals surface area contributed by atoms with Gasteiger partial charge in [-0.15, -0.1) is 0 Å². The van der Waals surface area contributed by atoms with E-state index in [9.17, 15) is 12.8 Å². The number of aryl methyl sites for hydroxylation is 1. The van der Waals surface area contributed by atoms with Crippen LogP contribution in [0.4, 0.5) is 4.39 Å². The summed E-state index contributed by atoms with van der Waals surface area (Å²) in [6.07, 6.45) is 0.671. The van der Waals surface area contributed by atoms with Crippen molar-refractivity contribution in [2.75, 3.05) is 13.1 Å². The van der Waals surface area contributed by atoms with E-state index in [4.69, 9.17) is 4.74 Å². The molecule has 24 heavy (non-hydrogen) atoms. The molecule has 0 spiro atoms. The first-order valence-electron chi connectivity index (χ1n) is 7.95. The molecule has 0 radical (unpaired) electrons. The van der Waals surface area contributed by atoms with Crippen molar-refractivity contribution < 1.29 is 17.5 Å². The highest BCUT2D eigenvalue weighted by atomic mass is 32.2. The Morgan fingerprint density at radius 1 is 1.12 bits per heavy atom. The largest absolute Gasteiger partial charge is 0.371 e. The first-order valence-corrected chi connectivity index (χ1v) is 9.39. The number of benzene rings is 2. The van der Waals surface area contributed by atoms with E-state index in [1.165, 1.54) is 10.4 Å². The van der Waals surface area contributed by atoms with E-state index in [0.29, 0.717) is 23.5 Å². The molecule has 2 aromatic rings. The van der Waals surface area contributed by atoms with Crippen LogP contribution in [0.3, 0.4) is 0 Å². The normalized spacial score (nSPS) is 16.1. The van der Waals surface area contributed by atoms with Gasteiger partial charge in [-0.1, -0.05) is 37.3 Å². The number of hydrogen-bond donors (Lipinski definition) is 0. The summed E-state index contributed by atoms with van der Waals surface area (Å²) in [5.41, 5.74) is 1.58. The second kappa shape index (κ2) is 7.01. The molecule has 0 saturated carbocycles. The molecule has 4 nitrogen and oxygen atoms in total. The van der Waals surface area contributed by atoms with Gasteiger partial charge in [0.2, 0.25) is 10.0 Å². The van der Waals surface area contributed by atoms with Crippen molar-refractivity contribution in [1.82, 2.24) is 4.31 Å². The van der Waals surface area contributed by atoms with Gasteiger partial charge in [0.15, 0.2) is 0 Å². The molecular formula is C18H20FNO3S. The molecule has 0 aliphatic carbocycles. The van der Waals surface area contributed by atoms with Crippen molar-refractivity contribution in [2.24, 2.45) is 0 Å². The standard InChI is InChI=1S/C18H20FNO3S/c1-2-14-7-9-17(10-8-14)24(21,22)20-11-16(12-20)23-13-15-5-3-4-6-18(15)19/h3-10,16H,2,11-13H2,1H3. The van der Waals surface area contributed by atoms with Crippen LogP contribution < -0.4 is 0 Å². The third-order valence-corrected chi connectivity index (χ3v) is 6.06. The average Bonchev–Trinajstić information content (AvgIpc) is 2.55. The number of halogens is 1. The molecule has 1 heterocycles. The van der Waals surface area contributed by atoms with Crippen LogP contribution in [0.5, 0.6) is 0 Å². The second-order valence-corrected chi connectivity index (χ2v) is 7.78. The van der Waals surface area contributed by atoms with E-state index >= 15 is 0 Å². The van der Waals surface area contributed by atoms with Crippen molar-refractivity contribution in [1.29, 1.82) is 0 Å². The second-order valence-electron chi connectivity index (χ2n) is 5.84. The fourth-order valence-electron chi connectivity index (χ4n) is 2.57. The van der Waals surface area contributed by atoms with Gasteiger partial charge >= 0.3 is 0 Å². The predicted molar refractivity (Wildman–Crippen MR) is 89.6 cm³/mol. The number of sulfonamides is 1. The first-order chi connectivity index (χ1) is 11.5. The quantitative estimate of drug-likeness (QED) is 0.805. The zero-order valence-electron chi connectivity index (χ0n) is 13.5. The third-order valence-electron chi connectivity index (χ3n) is 4.22. The Morgan fingerprint density at radius 3 is 2.42 bits per heavy atom. The number of hydrogen-bond acceptors (Lipinski definition) is 3. The van der Waals surface area contributed by atoms with Gasteiger partial charge in [-0.25, -0.2) is 12.8 Å². The molecule has 128 valence electrons. The lowest BCUT2D eigenvalue weighted by atomic mass is 10.2. The molecule has 1 fully saturated rings. The van der Waals surface area contributed by atoms with Crippen LogP contribution in [0.2, 0.25) is 0 Å². The van der Waals surface area contributed by atoms with Gasteiger partial charge in [-0.05, 0) is 30.2 Å². The Balaban J connectivity index is 1.56. The topological polar surface area (TPSA) is 46.6 Å². The van der Waals surface area contributed by atoms with E-state index in [2.05, 4.69) is 0 Å². The van der Waals surface area contributed by atoms with E-state index in [-0.39, 0.29) is 18.5 Å². The highest BCUT2D eigenvalue weighted by Gasteiger charge is 2.37. The summed E-state index contributed by atoms with van der Waals surface area (Å²) in [5, 5.41) is 0. The maximum atomic E-state index is 13.5. The van der Waals surface area contributed by atoms with Crippen molar-refractivity contribution in [2.45, 2.75) is 31.0 Å². The Bertz CT molecular complexity index is 799. The van der Waals surface area contributed by atoms with Crippen LogP contribution in [0.1, 0.15) is 18.1 Å². The summed E-state index contributed by atoms with van der Waals surface area (Å²) in [4.78, 5) is 0.298. The fraction of sp³-hybridized carbons (Fsp3) is 0.333. The van der Waals surface area contributed by atoms with Gasteiger partial charge < -0.3 is 4.74 Å². The van der Waals surface area contributed by atoms with Crippen LogP contribution in [0.25, 0.3) is 0 Å². The molecule has 0 unspecified atom stereocenters.